The summed E-state index contributed by atoms with van der Waals surface area (Å²) < 4.78 is 0. The van der Waals surface area contributed by atoms with Gasteiger partial charge < -0.3 is 15.6 Å². The van der Waals surface area contributed by atoms with E-state index in [1.165, 1.54) is 32.1 Å². The highest BCUT2D eigenvalue weighted by Gasteiger charge is 2.13. The van der Waals surface area contributed by atoms with Crippen LogP contribution in [0.2, 0.25) is 0 Å². The summed E-state index contributed by atoms with van der Waals surface area (Å²) in [7, 11) is 0. The second-order valence-corrected chi connectivity index (χ2v) is 5.07. The van der Waals surface area contributed by atoms with Crippen LogP contribution in [-0.2, 0) is 0 Å². The van der Waals surface area contributed by atoms with E-state index < -0.39 is 0 Å². The van der Waals surface area contributed by atoms with Gasteiger partial charge in [-0.25, -0.2) is 0 Å². The van der Waals surface area contributed by atoms with Crippen LogP contribution in [0.5, 0.6) is 0 Å². The zero-order valence-corrected chi connectivity index (χ0v) is 10.7. The Balaban J connectivity index is 1.78. The van der Waals surface area contributed by atoms with E-state index >= 15 is 0 Å². The topological polar surface area (TPSA) is 39.1 Å². The van der Waals surface area contributed by atoms with Crippen molar-refractivity contribution in [2.24, 2.45) is 5.92 Å². The van der Waals surface area contributed by atoms with Crippen LogP contribution in [0.1, 0.15) is 26.2 Å². The first kappa shape index (κ1) is 12.4. The molecule has 1 heterocycles. The number of nitrogens with zero attached hydrogens (tertiary/aromatic N) is 1. The highest BCUT2D eigenvalue weighted by molar-refractivity contribution is 5.82. The van der Waals surface area contributed by atoms with E-state index in [0.717, 1.165) is 30.8 Å². The molecule has 1 aliphatic carbocycles. The van der Waals surface area contributed by atoms with Crippen molar-refractivity contribution in [2.75, 3.05) is 26.2 Å². The lowest BCUT2D eigenvalue weighted by molar-refractivity contribution is 0.341. The molecule has 1 fully saturated rings. The number of nitrogens with one attached hydrogen (secondary N) is 2. The molecule has 0 spiro atoms. The first-order chi connectivity index (χ1) is 8.29. The van der Waals surface area contributed by atoms with Crippen LogP contribution >= 0.6 is 0 Å². The smallest absolute Gasteiger partial charge is 0.0386 e. The molecule has 1 aliphatic heterocycles. The molecule has 2 aliphatic rings. The summed E-state index contributed by atoms with van der Waals surface area (Å²) in [4.78, 5) is 2.51. The number of hydrogen-bond donors (Lipinski definition) is 2. The maximum Gasteiger partial charge on any atom is 0.0386 e. The maximum absolute atomic E-state index is 7.44. The van der Waals surface area contributed by atoms with Crippen LogP contribution in [-0.4, -0.2) is 37.3 Å². The average Bonchev–Trinajstić information content (AvgIpc) is 2.84. The van der Waals surface area contributed by atoms with Crippen molar-refractivity contribution in [3.63, 3.8) is 0 Å². The van der Waals surface area contributed by atoms with Crippen molar-refractivity contribution in [1.29, 1.82) is 5.41 Å². The summed E-state index contributed by atoms with van der Waals surface area (Å²) in [6, 6.07) is 0. The molecule has 0 bridgehead atoms. The van der Waals surface area contributed by atoms with Gasteiger partial charge in [0.1, 0.15) is 0 Å². The molecule has 2 N–H and O–H groups in total. The third-order valence-corrected chi connectivity index (χ3v) is 3.57. The number of hydrogen-bond acceptors (Lipinski definition) is 3. The Morgan fingerprint density at radius 1 is 1.47 bits per heavy atom. The van der Waals surface area contributed by atoms with Gasteiger partial charge in [-0.1, -0.05) is 19.1 Å². The molecule has 0 aromatic rings. The number of allylic oxidation sites excluding steroid dienone is 3. The van der Waals surface area contributed by atoms with Gasteiger partial charge in [-0.2, -0.15) is 0 Å². The Hall–Kier alpha value is -1.09. The monoisotopic (exact) mass is 233 g/mol. The molecular formula is C14H23N3. The minimum Gasteiger partial charge on any atom is -0.383 e. The predicted octanol–water partition coefficient (Wildman–Crippen LogP) is 2.17. The molecule has 2 rings (SSSR count). The zero-order chi connectivity index (χ0) is 12.1. The first-order valence-electron chi connectivity index (χ1n) is 6.68. The largest absolute Gasteiger partial charge is 0.383 e. The van der Waals surface area contributed by atoms with E-state index in [1.54, 1.807) is 0 Å². The Bertz CT molecular complexity index is 324. The van der Waals surface area contributed by atoms with Gasteiger partial charge in [0.05, 0.1) is 0 Å². The standard InChI is InChI=1S/C14H23N3/c1-12-4-5-14(13(10-12)11-15)16-6-9-17-7-2-3-8-17/h5,10-12,15-16H,2-4,6-9H2,1H3/t12-/m1/s1. The Kier molecular flexibility index (Phi) is 4.37. The van der Waals surface area contributed by atoms with Gasteiger partial charge in [0.2, 0.25) is 0 Å². The van der Waals surface area contributed by atoms with E-state index in [9.17, 15) is 0 Å². The lowest BCUT2D eigenvalue weighted by Crippen LogP contribution is -2.30. The molecule has 0 saturated carbocycles. The second kappa shape index (κ2) is 6.01. The molecule has 0 amide bonds. The summed E-state index contributed by atoms with van der Waals surface area (Å²) >= 11 is 0. The molecule has 1 saturated heterocycles. The van der Waals surface area contributed by atoms with Crippen LogP contribution in [0, 0.1) is 11.3 Å². The molecular weight excluding hydrogens is 210 g/mol. The molecule has 0 unspecified atom stereocenters. The maximum atomic E-state index is 7.44. The van der Waals surface area contributed by atoms with E-state index in [-0.39, 0.29) is 0 Å². The Morgan fingerprint density at radius 2 is 2.24 bits per heavy atom. The quantitative estimate of drug-likeness (QED) is 0.714. The molecule has 1 atom stereocenters. The summed E-state index contributed by atoms with van der Waals surface area (Å²) in [6.45, 7) is 6.82. The van der Waals surface area contributed by atoms with Gasteiger partial charge in [0.25, 0.3) is 0 Å². The van der Waals surface area contributed by atoms with Crippen molar-refractivity contribution < 1.29 is 0 Å². The fraction of sp³-hybridized carbons (Fsp3) is 0.643. The van der Waals surface area contributed by atoms with E-state index in [4.69, 9.17) is 5.41 Å². The minimum atomic E-state index is 0.565. The first-order valence-corrected chi connectivity index (χ1v) is 6.68. The number of likely N-dealkylation sites (tertiary alicyclic amines) is 1. The van der Waals surface area contributed by atoms with Crippen molar-refractivity contribution in [3.05, 3.63) is 23.4 Å². The normalized spacial score (nSPS) is 25.4. The summed E-state index contributed by atoms with van der Waals surface area (Å²) in [5.74, 6) is 0.565. The van der Waals surface area contributed by atoms with E-state index in [1.807, 2.05) is 0 Å². The SMILES string of the molecule is C[C@H]1C=C(C=N)C(NCCN2CCCC2)=CC1. The molecule has 0 aromatic carbocycles. The van der Waals surface area contributed by atoms with Crippen molar-refractivity contribution in [1.82, 2.24) is 10.2 Å². The summed E-state index contributed by atoms with van der Waals surface area (Å²) in [5, 5.41) is 10.9. The molecule has 3 heteroatoms. The highest BCUT2D eigenvalue weighted by Crippen LogP contribution is 2.19. The van der Waals surface area contributed by atoms with Crippen LogP contribution in [0.3, 0.4) is 0 Å². The van der Waals surface area contributed by atoms with Crippen molar-refractivity contribution >= 4 is 6.21 Å². The zero-order valence-electron chi connectivity index (χ0n) is 10.7. The van der Waals surface area contributed by atoms with Crippen LogP contribution in [0.4, 0.5) is 0 Å². The molecule has 0 aromatic heterocycles. The lowest BCUT2D eigenvalue weighted by atomic mass is 9.96. The molecule has 0 radical (unpaired) electrons. The van der Waals surface area contributed by atoms with E-state index in [2.05, 4.69) is 29.3 Å². The van der Waals surface area contributed by atoms with Gasteiger partial charge in [0, 0.05) is 30.6 Å². The van der Waals surface area contributed by atoms with Gasteiger partial charge in [-0.15, -0.1) is 0 Å². The van der Waals surface area contributed by atoms with Crippen LogP contribution < -0.4 is 5.32 Å². The van der Waals surface area contributed by atoms with Gasteiger partial charge in [0.15, 0.2) is 0 Å². The highest BCUT2D eigenvalue weighted by atomic mass is 15.1. The number of rotatable bonds is 5. The molecule has 94 valence electrons. The summed E-state index contributed by atoms with van der Waals surface area (Å²) in [5.41, 5.74) is 2.20. The molecule has 3 nitrogen and oxygen atoms in total. The lowest BCUT2D eigenvalue weighted by Gasteiger charge is -2.20. The fourth-order valence-corrected chi connectivity index (χ4v) is 2.54. The second-order valence-electron chi connectivity index (χ2n) is 5.07. The minimum absolute atomic E-state index is 0.565. The van der Waals surface area contributed by atoms with Crippen LogP contribution in [0.15, 0.2) is 23.4 Å². The van der Waals surface area contributed by atoms with Gasteiger partial charge in [-0.3, -0.25) is 0 Å². The van der Waals surface area contributed by atoms with Gasteiger partial charge in [-0.05, 0) is 38.3 Å². The Labute approximate surface area is 104 Å². The molecule has 17 heavy (non-hydrogen) atoms. The van der Waals surface area contributed by atoms with Crippen LogP contribution in [0.25, 0.3) is 0 Å². The fourth-order valence-electron chi connectivity index (χ4n) is 2.54. The predicted molar refractivity (Wildman–Crippen MR) is 72.4 cm³/mol. The van der Waals surface area contributed by atoms with Crippen molar-refractivity contribution in [2.45, 2.75) is 26.2 Å². The average molecular weight is 233 g/mol. The van der Waals surface area contributed by atoms with Crippen molar-refractivity contribution in [3.8, 4) is 0 Å². The third-order valence-electron chi connectivity index (χ3n) is 3.57. The van der Waals surface area contributed by atoms with Gasteiger partial charge >= 0.3 is 0 Å². The third kappa shape index (κ3) is 3.43. The van der Waals surface area contributed by atoms with E-state index in [0.29, 0.717) is 5.92 Å². The summed E-state index contributed by atoms with van der Waals surface area (Å²) in [6.07, 6.45) is 9.67. The Morgan fingerprint density at radius 3 is 2.94 bits per heavy atom.